The van der Waals surface area contributed by atoms with E-state index in [-0.39, 0.29) is 5.78 Å². The van der Waals surface area contributed by atoms with E-state index in [0.29, 0.717) is 42.8 Å². The van der Waals surface area contributed by atoms with E-state index < -0.39 is 0 Å². The predicted molar refractivity (Wildman–Crippen MR) is 62.8 cm³/mol. The lowest BCUT2D eigenvalue weighted by Crippen LogP contribution is -2.03. The van der Waals surface area contributed by atoms with Crippen LogP contribution in [-0.2, 0) is 13.0 Å². The molecule has 18 heavy (non-hydrogen) atoms. The molecule has 0 aromatic carbocycles. The molecule has 5 nitrogen and oxygen atoms in total. The van der Waals surface area contributed by atoms with Crippen molar-refractivity contribution in [2.24, 2.45) is 0 Å². The van der Waals surface area contributed by atoms with Gasteiger partial charge in [-0.05, 0) is 18.6 Å². The Bertz CT molecular complexity index is 632. The second-order valence-corrected chi connectivity index (χ2v) is 4.20. The van der Waals surface area contributed by atoms with E-state index in [1.165, 1.54) is 0 Å². The Labute approximate surface area is 104 Å². The minimum Gasteiger partial charge on any atom is -0.463 e. The molecule has 0 radical (unpaired) electrons. The van der Waals surface area contributed by atoms with Crippen molar-refractivity contribution >= 4 is 5.78 Å². The Kier molecular flexibility index (Phi) is 2.49. The summed E-state index contributed by atoms with van der Waals surface area (Å²) in [5.41, 5.74) is 2.21. The van der Waals surface area contributed by atoms with Crippen molar-refractivity contribution in [1.82, 2.24) is 9.78 Å². The van der Waals surface area contributed by atoms with E-state index in [9.17, 15) is 4.79 Å². The van der Waals surface area contributed by atoms with E-state index in [4.69, 9.17) is 9.68 Å². The van der Waals surface area contributed by atoms with Gasteiger partial charge in [-0.2, -0.15) is 10.4 Å². The second kappa shape index (κ2) is 4.15. The number of fused-ring (bicyclic) bond motifs is 1. The average molecular weight is 241 g/mol. The number of aryl methyl sites for hydroxylation is 1. The van der Waals surface area contributed by atoms with Gasteiger partial charge in [0.2, 0.25) is 0 Å². The lowest BCUT2D eigenvalue weighted by molar-refractivity contribution is 0.0995. The first-order chi connectivity index (χ1) is 8.81. The van der Waals surface area contributed by atoms with Gasteiger partial charge in [-0.1, -0.05) is 0 Å². The Morgan fingerprint density at radius 1 is 1.50 bits per heavy atom. The molecule has 0 atom stereocenters. The van der Waals surface area contributed by atoms with Crippen LogP contribution >= 0.6 is 0 Å². The lowest BCUT2D eigenvalue weighted by Gasteiger charge is -2.00. The monoisotopic (exact) mass is 241 g/mol. The molecule has 0 bridgehead atoms. The fourth-order valence-corrected chi connectivity index (χ4v) is 2.33. The summed E-state index contributed by atoms with van der Waals surface area (Å²) in [4.78, 5) is 11.9. The summed E-state index contributed by atoms with van der Waals surface area (Å²) in [6, 6.07) is 5.66. The maximum absolute atomic E-state index is 11.9. The minimum atomic E-state index is 0.111. The quantitative estimate of drug-likeness (QED) is 0.825. The number of furan rings is 1. The van der Waals surface area contributed by atoms with Crippen LogP contribution < -0.4 is 0 Å². The third-order valence-corrected chi connectivity index (χ3v) is 3.12. The third-order valence-electron chi connectivity index (χ3n) is 3.12. The number of hydrogen-bond donors (Lipinski definition) is 0. The van der Waals surface area contributed by atoms with Gasteiger partial charge in [-0.25, -0.2) is 0 Å². The average Bonchev–Trinajstić information content (AvgIpc) is 3.05. The number of ketones is 1. The second-order valence-electron chi connectivity index (χ2n) is 4.20. The topological polar surface area (TPSA) is 71.8 Å². The summed E-state index contributed by atoms with van der Waals surface area (Å²) in [5.74, 6) is 0.719. The lowest BCUT2D eigenvalue weighted by atomic mass is 10.1. The number of hydrogen-bond acceptors (Lipinski definition) is 4. The zero-order valence-corrected chi connectivity index (χ0v) is 9.72. The zero-order chi connectivity index (χ0) is 12.5. The van der Waals surface area contributed by atoms with Gasteiger partial charge in [-0.3, -0.25) is 9.48 Å². The highest BCUT2D eigenvalue weighted by Gasteiger charge is 2.30. The van der Waals surface area contributed by atoms with E-state index in [0.717, 1.165) is 5.69 Å². The van der Waals surface area contributed by atoms with Gasteiger partial charge in [0.15, 0.2) is 11.5 Å². The Morgan fingerprint density at radius 2 is 2.39 bits per heavy atom. The molecule has 0 unspecified atom stereocenters. The largest absolute Gasteiger partial charge is 0.463 e. The highest BCUT2D eigenvalue weighted by atomic mass is 16.3. The molecule has 0 amide bonds. The smallest absolute Gasteiger partial charge is 0.167 e. The van der Waals surface area contributed by atoms with E-state index >= 15 is 0 Å². The molecule has 0 saturated carbocycles. The van der Waals surface area contributed by atoms with Crippen molar-refractivity contribution in [3.8, 4) is 17.5 Å². The highest BCUT2D eigenvalue weighted by molar-refractivity contribution is 6.04. The first-order valence-corrected chi connectivity index (χ1v) is 5.85. The van der Waals surface area contributed by atoms with Crippen LogP contribution in [0.5, 0.6) is 0 Å². The predicted octanol–water partition coefficient (Wildman–Crippen LogP) is 2.19. The molecule has 90 valence electrons. The number of nitrogens with zero attached hydrogens (tertiary/aromatic N) is 3. The molecular weight excluding hydrogens is 230 g/mol. The first-order valence-electron chi connectivity index (χ1n) is 5.85. The van der Waals surface area contributed by atoms with E-state index in [1.807, 2.05) is 0 Å². The summed E-state index contributed by atoms with van der Waals surface area (Å²) < 4.78 is 7.08. The van der Waals surface area contributed by atoms with Crippen LogP contribution in [-0.4, -0.2) is 15.6 Å². The molecule has 2 aromatic rings. The molecule has 1 aliphatic carbocycles. The summed E-state index contributed by atoms with van der Waals surface area (Å²) in [5, 5.41) is 13.1. The van der Waals surface area contributed by atoms with Crippen molar-refractivity contribution in [2.75, 3.05) is 0 Å². The Balaban J connectivity index is 2.10. The van der Waals surface area contributed by atoms with E-state index in [2.05, 4.69) is 11.2 Å². The van der Waals surface area contributed by atoms with Crippen molar-refractivity contribution in [3.05, 3.63) is 29.7 Å². The molecule has 5 heteroatoms. The number of nitriles is 1. The molecule has 0 spiro atoms. The van der Waals surface area contributed by atoms with Crippen LogP contribution in [0.25, 0.3) is 11.5 Å². The Morgan fingerprint density at radius 3 is 3.11 bits per heavy atom. The van der Waals surface area contributed by atoms with Crippen LogP contribution in [0.15, 0.2) is 22.8 Å². The molecule has 0 aliphatic heterocycles. The molecular formula is C13H11N3O2. The van der Waals surface area contributed by atoms with E-state index in [1.54, 1.807) is 23.1 Å². The van der Waals surface area contributed by atoms with Crippen LogP contribution in [0, 0.1) is 11.3 Å². The van der Waals surface area contributed by atoms with Gasteiger partial charge in [0.05, 0.1) is 36.6 Å². The van der Waals surface area contributed by atoms with Crippen molar-refractivity contribution in [1.29, 1.82) is 5.26 Å². The van der Waals surface area contributed by atoms with Crippen molar-refractivity contribution in [3.63, 3.8) is 0 Å². The molecule has 0 fully saturated rings. The number of aromatic nitrogens is 2. The SMILES string of the molecule is N#CCCn1nc(-c2ccco2)c2c1CCC2=O. The van der Waals surface area contributed by atoms with Crippen molar-refractivity contribution in [2.45, 2.75) is 25.8 Å². The number of carbonyl (C=O) groups is 1. The minimum absolute atomic E-state index is 0.111. The number of rotatable bonds is 3. The molecule has 0 N–H and O–H groups in total. The summed E-state index contributed by atoms with van der Waals surface area (Å²) in [6.07, 6.45) is 3.18. The highest BCUT2D eigenvalue weighted by Crippen LogP contribution is 2.32. The van der Waals surface area contributed by atoms with Gasteiger partial charge in [0, 0.05) is 6.42 Å². The maximum atomic E-state index is 11.9. The number of Topliss-reactive ketones (excluding diaryl/α,β-unsaturated/α-hetero) is 1. The fourth-order valence-electron chi connectivity index (χ4n) is 2.33. The molecule has 2 aromatic heterocycles. The van der Waals surface area contributed by atoms with Gasteiger partial charge < -0.3 is 4.42 Å². The fraction of sp³-hybridized carbons (Fsp3) is 0.308. The van der Waals surface area contributed by atoms with Crippen LogP contribution in [0.4, 0.5) is 0 Å². The van der Waals surface area contributed by atoms with Crippen LogP contribution in [0.3, 0.4) is 0 Å². The van der Waals surface area contributed by atoms with Gasteiger partial charge in [0.1, 0.15) is 5.69 Å². The summed E-state index contributed by atoms with van der Waals surface area (Å²) in [6.45, 7) is 0.521. The van der Waals surface area contributed by atoms with Gasteiger partial charge in [0.25, 0.3) is 0 Å². The molecule has 2 heterocycles. The van der Waals surface area contributed by atoms with Gasteiger partial charge >= 0.3 is 0 Å². The molecule has 1 aliphatic rings. The third kappa shape index (κ3) is 1.54. The summed E-state index contributed by atoms with van der Waals surface area (Å²) in [7, 11) is 0. The normalized spacial score (nSPS) is 13.6. The van der Waals surface area contributed by atoms with Crippen LogP contribution in [0.2, 0.25) is 0 Å². The Hall–Kier alpha value is -2.35. The maximum Gasteiger partial charge on any atom is 0.167 e. The first kappa shape index (κ1) is 10.8. The molecule has 0 saturated heterocycles. The standard InChI is InChI=1S/C13H11N3O2/c14-6-2-7-16-9-4-5-10(17)12(9)13(15-16)11-3-1-8-18-11/h1,3,8H,2,4-5,7H2. The molecule has 3 rings (SSSR count). The van der Waals surface area contributed by atoms with Crippen LogP contribution in [0.1, 0.15) is 28.9 Å². The zero-order valence-electron chi connectivity index (χ0n) is 9.72. The van der Waals surface area contributed by atoms with Gasteiger partial charge in [-0.15, -0.1) is 0 Å². The summed E-state index contributed by atoms with van der Waals surface area (Å²) >= 11 is 0. The van der Waals surface area contributed by atoms with Crippen molar-refractivity contribution < 1.29 is 9.21 Å². The number of carbonyl (C=O) groups excluding carboxylic acids is 1.